The molecule has 2 amide bonds. The van der Waals surface area contributed by atoms with E-state index in [1.54, 1.807) is 30.3 Å². The van der Waals surface area contributed by atoms with Gasteiger partial charge in [0.2, 0.25) is 11.8 Å². The summed E-state index contributed by atoms with van der Waals surface area (Å²) in [6.07, 6.45) is 1.94. The first-order valence-corrected chi connectivity index (χ1v) is 17.0. The fraction of sp³-hybridized carbons (Fsp3) is 0.278. The Morgan fingerprint density at radius 2 is 1.59 bits per heavy atom. The second-order valence-corrected chi connectivity index (χ2v) is 13.3. The molecule has 0 saturated heterocycles. The molecule has 0 radical (unpaired) electrons. The molecular formula is C36H40ClN3O5S. The third-order valence-electron chi connectivity index (χ3n) is 7.60. The monoisotopic (exact) mass is 661 g/mol. The number of nitrogens with zero attached hydrogens (tertiary/aromatic N) is 2. The number of amides is 2. The molecule has 8 nitrogen and oxygen atoms in total. The summed E-state index contributed by atoms with van der Waals surface area (Å²) in [5.41, 5.74) is 2.96. The summed E-state index contributed by atoms with van der Waals surface area (Å²) < 4.78 is 34.6. The minimum Gasteiger partial charge on any atom is -0.497 e. The first-order chi connectivity index (χ1) is 22.1. The topological polar surface area (TPSA) is 96.0 Å². The molecule has 0 heterocycles. The van der Waals surface area contributed by atoms with Gasteiger partial charge in [0.1, 0.15) is 18.3 Å². The Bertz CT molecular complexity index is 1700. The Labute approximate surface area is 277 Å². The zero-order valence-electron chi connectivity index (χ0n) is 26.4. The van der Waals surface area contributed by atoms with Crippen LogP contribution in [0.25, 0.3) is 0 Å². The standard InChI is InChI=1S/C36H40ClN3O5S/c1-4-5-22-38-36(42)34(23-28-10-7-6-8-11-28)39(25-29-16-14-27(2)15-17-29)35(41)26-40(31-13-9-12-30(37)24-31)46(43,44)33-20-18-32(45-3)19-21-33/h6-21,24,34H,4-5,22-23,25-26H2,1-3H3,(H,38,42)/t34-/m1/s1. The summed E-state index contributed by atoms with van der Waals surface area (Å²) in [4.78, 5) is 29.8. The number of halogens is 1. The summed E-state index contributed by atoms with van der Waals surface area (Å²) in [5, 5.41) is 3.31. The van der Waals surface area contributed by atoms with Crippen LogP contribution < -0.4 is 14.4 Å². The number of hydrogen-bond acceptors (Lipinski definition) is 5. The quantitative estimate of drug-likeness (QED) is 0.149. The summed E-state index contributed by atoms with van der Waals surface area (Å²) in [5.74, 6) is -0.347. The van der Waals surface area contributed by atoms with Gasteiger partial charge in [0.25, 0.3) is 10.0 Å². The highest BCUT2D eigenvalue weighted by Crippen LogP contribution is 2.28. The van der Waals surface area contributed by atoms with Gasteiger partial charge in [-0.05, 0) is 66.9 Å². The predicted molar refractivity (Wildman–Crippen MR) is 183 cm³/mol. The molecule has 0 aromatic heterocycles. The molecule has 0 aliphatic rings. The van der Waals surface area contributed by atoms with E-state index in [9.17, 15) is 18.0 Å². The van der Waals surface area contributed by atoms with Crippen LogP contribution in [-0.2, 0) is 32.6 Å². The van der Waals surface area contributed by atoms with Crippen LogP contribution in [0.1, 0.15) is 36.5 Å². The lowest BCUT2D eigenvalue weighted by molar-refractivity contribution is -0.140. The van der Waals surface area contributed by atoms with Crippen LogP contribution in [0.3, 0.4) is 0 Å². The maximum absolute atomic E-state index is 14.5. The van der Waals surface area contributed by atoms with Gasteiger partial charge in [0.15, 0.2) is 0 Å². The third kappa shape index (κ3) is 9.11. The van der Waals surface area contributed by atoms with E-state index in [0.29, 0.717) is 17.3 Å². The molecule has 4 aromatic carbocycles. The number of sulfonamides is 1. The van der Waals surface area contributed by atoms with Crippen LogP contribution in [0, 0.1) is 6.92 Å². The van der Waals surface area contributed by atoms with Gasteiger partial charge in [-0.25, -0.2) is 8.42 Å². The molecule has 1 N–H and O–H groups in total. The number of rotatable bonds is 15. The number of carbonyl (C=O) groups is 2. The van der Waals surface area contributed by atoms with E-state index in [4.69, 9.17) is 16.3 Å². The van der Waals surface area contributed by atoms with Crippen LogP contribution in [0.15, 0.2) is 108 Å². The van der Waals surface area contributed by atoms with Gasteiger partial charge >= 0.3 is 0 Å². The van der Waals surface area contributed by atoms with Crippen LogP contribution in [0.5, 0.6) is 5.75 Å². The van der Waals surface area contributed by atoms with E-state index in [1.807, 2.05) is 68.4 Å². The Balaban J connectivity index is 1.78. The molecule has 0 saturated carbocycles. The average Bonchev–Trinajstić information content (AvgIpc) is 3.06. The van der Waals surface area contributed by atoms with E-state index >= 15 is 0 Å². The van der Waals surface area contributed by atoms with Crippen molar-refractivity contribution in [3.8, 4) is 5.75 Å². The number of aryl methyl sites for hydroxylation is 1. The molecule has 0 unspecified atom stereocenters. The zero-order chi connectivity index (χ0) is 33.1. The van der Waals surface area contributed by atoms with Crippen LogP contribution >= 0.6 is 11.6 Å². The Morgan fingerprint density at radius 1 is 0.891 bits per heavy atom. The first kappa shape index (κ1) is 34.5. The molecular weight excluding hydrogens is 622 g/mol. The average molecular weight is 662 g/mol. The molecule has 0 fully saturated rings. The third-order valence-corrected chi connectivity index (χ3v) is 9.62. The maximum atomic E-state index is 14.5. The van der Waals surface area contributed by atoms with E-state index in [2.05, 4.69) is 5.32 Å². The maximum Gasteiger partial charge on any atom is 0.264 e. The smallest absolute Gasteiger partial charge is 0.264 e. The first-order valence-electron chi connectivity index (χ1n) is 15.2. The van der Waals surface area contributed by atoms with E-state index in [0.717, 1.165) is 33.8 Å². The fourth-order valence-electron chi connectivity index (χ4n) is 4.99. The Morgan fingerprint density at radius 3 is 2.22 bits per heavy atom. The molecule has 46 heavy (non-hydrogen) atoms. The van der Waals surface area contributed by atoms with Gasteiger partial charge in [-0.1, -0.05) is 91.2 Å². The molecule has 0 aliphatic carbocycles. The normalized spacial score (nSPS) is 11.8. The van der Waals surface area contributed by atoms with Gasteiger partial charge in [-0.3, -0.25) is 13.9 Å². The SMILES string of the molecule is CCCCNC(=O)[C@@H](Cc1ccccc1)N(Cc1ccc(C)cc1)C(=O)CN(c1cccc(Cl)c1)S(=O)(=O)c1ccc(OC)cc1. The molecule has 0 bridgehead atoms. The van der Waals surface area contributed by atoms with Crippen molar-refractivity contribution in [1.82, 2.24) is 10.2 Å². The van der Waals surface area contributed by atoms with Crippen LogP contribution in [-0.4, -0.2) is 51.4 Å². The van der Waals surface area contributed by atoms with Crippen molar-refractivity contribution in [3.63, 3.8) is 0 Å². The summed E-state index contributed by atoms with van der Waals surface area (Å²) in [6, 6.07) is 28.6. The zero-order valence-corrected chi connectivity index (χ0v) is 27.9. The van der Waals surface area contributed by atoms with Crippen molar-refractivity contribution < 1.29 is 22.7 Å². The van der Waals surface area contributed by atoms with Crippen molar-refractivity contribution in [2.75, 3.05) is 24.5 Å². The largest absolute Gasteiger partial charge is 0.497 e. The van der Waals surface area contributed by atoms with Gasteiger partial charge in [-0.2, -0.15) is 0 Å². The summed E-state index contributed by atoms with van der Waals surface area (Å²) in [6.45, 7) is 4.01. The number of nitrogens with one attached hydrogen (secondary N) is 1. The van der Waals surface area contributed by atoms with Gasteiger partial charge in [0.05, 0.1) is 17.7 Å². The fourth-order valence-corrected chi connectivity index (χ4v) is 6.58. The van der Waals surface area contributed by atoms with Gasteiger partial charge < -0.3 is 15.0 Å². The highest BCUT2D eigenvalue weighted by Gasteiger charge is 2.34. The molecule has 0 aliphatic heterocycles. The van der Waals surface area contributed by atoms with E-state index in [-0.39, 0.29) is 29.5 Å². The Kier molecular flexibility index (Phi) is 12.2. The molecule has 242 valence electrons. The molecule has 10 heteroatoms. The van der Waals surface area contributed by atoms with E-state index < -0.39 is 28.5 Å². The minimum absolute atomic E-state index is 0.0238. The Hall–Kier alpha value is -4.34. The highest BCUT2D eigenvalue weighted by molar-refractivity contribution is 7.92. The van der Waals surface area contributed by atoms with Crippen LogP contribution in [0.2, 0.25) is 5.02 Å². The lowest BCUT2D eigenvalue weighted by Crippen LogP contribution is -2.53. The van der Waals surface area contributed by atoms with Gasteiger partial charge in [0, 0.05) is 24.5 Å². The second-order valence-electron chi connectivity index (χ2n) is 11.0. The van der Waals surface area contributed by atoms with Crippen molar-refractivity contribution in [3.05, 3.63) is 125 Å². The number of anilines is 1. The lowest BCUT2D eigenvalue weighted by Gasteiger charge is -2.34. The van der Waals surface area contributed by atoms with E-state index in [1.165, 1.54) is 30.2 Å². The minimum atomic E-state index is -4.25. The summed E-state index contributed by atoms with van der Waals surface area (Å²) >= 11 is 6.30. The molecule has 1 atom stereocenters. The van der Waals surface area contributed by atoms with Crippen molar-refractivity contribution in [2.24, 2.45) is 0 Å². The number of ether oxygens (including phenoxy) is 1. The van der Waals surface area contributed by atoms with Crippen molar-refractivity contribution in [1.29, 1.82) is 0 Å². The molecule has 0 spiro atoms. The highest BCUT2D eigenvalue weighted by atomic mass is 35.5. The lowest BCUT2D eigenvalue weighted by atomic mass is 10.0. The number of carbonyl (C=O) groups excluding carboxylic acids is 2. The second kappa shape index (κ2) is 16.3. The summed E-state index contributed by atoms with van der Waals surface area (Å²) in [7, 11) is -2.76. The van der Waals surface area contributed by atoms with Crippen molar-refractivity contribution >= 4 is 39.1 Å². The number of methoxy groups -OCH3 is 1. The van der Waals surface area contributed by atoms with Crippen molar-refractivity contribution in [2.45, 2.75) is 50.6 Å². The van der Waals surface area contributed by atoms with Crippen LogP contribution in [0.4, 0.5) is 5.69 Å². The number of benzene rings is 4. The molecule has 4 aromatic rings. The van der Waals surface area contributed by atoms with Gasteiger partial charge in [-0.15, -0.1) is 0 Å². The number of hydrogen-bond donors (Lipinski definition) is 1. The predicted octanol–water partition coefficient (Wildman–Crippen LogP) is 6.41. The molecule has 4 rings (SSSR count). The number of unbranched alkanes of at least 4 members (excludes halogenated alkanes) is 1.